The second-order valence-electron chi connectivity index (χ2n) is 4.41. The van der Waals surface area contributed by atoms with E-state index in [9.17, 15) is 0 Å². The van der Waals surface area contributed by atoms with Crippen LogP contribution in [0.3, 0.4) is 0 Å². The Hall–Kier alpha value is -1.94. The third kappa shape index (κ3) is 3.05. The Morgan fingerprint density at radius 1 is 1.22 bits per heavy atom. The minimum Gasteiger partial charge on any atom is -0.367 e. The molecule has 0 radical (unpaired) electrons. The SMILES string of the molecule is CC(N)c1ccc(N(C)Cc2ccccn2)cn1. The van der Waals surface area contributed by atoms with Gasteiger partial charge in [0.05, 0.1) is 29.8 Å². The van der Waals surface area contributed by atoms with Crippen LogP contribution in [0.4, 0.5) is 5.69 Å². The first-order valence-corrected chi connectivity index (χ1v) is 5.99. The average molecular weight is 242 g/mol. The molecule has 94 valence electrons. The number of pyridine rings is 2. The first kappa shape index (κ1) is 12.5. The van der Waals surface area contributed by atoms with Gasteiger partial charge in [-0.05, 0) is 31.2 Å². The fraction of sp³-hybridized carbons (Fsp3) is 0.286. The molecule has 0 spiro atoms. The van der Waals surface area contributed by atoms with E-state index in [2.05, 4.69) is 14.9 Å². The van der Waals surface area contributed by atoms with Crippen LogP contribution in [0, 0.1) is 0 Å². The third-order valence-electron chi connectivity index (χ3n) is 2.80. The number of nitrogens with zero attached hydrogens (tertiary/aromatic N) is 3. The molecule has 2 rings (SSSR count). The number of hydrogen-bond donors (Lipinski definition) is 1. The summed E-state index contributed by atoms with van der Waals surface area (Å²) < 4.78 is 0. The predicted octanol–water partition coefficient (Wildman–Crippen LogP) is 2.13. The highest BCUT2D eigenvalue weighted by atomic mass is 15.1. The monoisotopic (exact) mass is 242 g/mol. The van der Waals surface area contributed by atoms with Crippen LogP contribution < -0.4 is 10.6 Å². The van der Waals surface area contributed by atoms with E-state index in [4.69, 9.17) is 5.73 Å². The molecule has 4 heteroatoms. The molecule has 0 aromatic carbocycles. The summed E-state index contributed by atoms with van der Waals surface area (Å²) in [4.78, 5) is 10.8. The fourth-order valence-corrected chi connectivity index (χ4v) is 1.72. The Labute approximate surface area is 107 Å². The summed E-state index contributed by atoms with van der Waals surface area (Å²) in [6, 6.07) is 9.90. The van der Waals surface area contributed by atoms with E-state index in [1.165, 1.54) is 0 Å². The van der Waals surface area contributed by atoms with Crippen molar-refractivity contribution in [3.05, 3.63) is 54.1 Å². The fourth-order valence-electron chi connectivity index (χ4n) is 1.72. The lowest BCUT2D eigenvalue weighted by Gasteiger charge is -2.19. The van der Waals surface area contributed by atoms with Crippen LogP contribution >= 0.6 is 0 Å². The molecule has 0 aliphatic rings. The summed E-state index contributed by atoms with van der Waals surface area (Å²) in [6.07, 6.45) is 3.66. The van der Waals surface area contributed by atoms with Gasteiger partial charge in [0.15, 0.2) is 0 Å². The molecule has 2 aromatic rings. The van der Waals surface area contributed by atoms with Gasteiger partial charge in [0.1, 0.15) is 0 Å². The lowest BCUT2D eigenvalue weighted by molar-refractivity contribution is 0.778. The summed E-state index contributed by atoms with van der Waals surface area (Å²) in [5.74, 6) is 0. The van der Waals surface area contributed by atoms with Gasteiger partial charge in [-0.15, -0.1) is 0 Å². The van der Waals surface area contributed by atoms with Crippen LogP contribution in [0.1, 0.15) is 24.4 Å². The molecule has 18 heavy (non-hydrogen) atoms. The summed E-state index contributed by atoms with van der Waals surface area (Å²) in [6.45, 7) is 2.69. The van der Waals surface area contributed by atoms with Crippen LogP contribution in [0.2, 0.25) is 0 Å². The van der Waals surface area contributed by atoms with Crippen molar-refractivity contribution in [2.24, 2.45) is 5.73 Å². The largest absolute Gasteiger partial charge is 0.367 e. The number of rotatable bonds is 4. The molecule has 0 saturated carbocycles. The standard InChI is InChI=1S/C14H18N4/c1-11(15)14-7-6-13(9-17-14)18(2)10-12-5-3-4-8-16-12/h3-9,11H,10,15H2,1-2H3. The number of anilines is 1. The van der Waals surface area contributed by atoms with Crippen LogP contribution in [0.5, 0.6) is 0 Å². The quantitative estimate of drug-likeness (QED) is 0.892. The van der Waals surface area contributed by atoms with Gasteiger partial charge in [0.2, 0.25) is 0 Å². The molecule has 2 N–H and O–H groups in total. The predicted molar refractivity (Wildman–Crippen MR) is 73.2 cm³/mol. The van der Waals surface area contributed by atoms with Crippen LogP contribution in [0.25, 0.3) is 0 Å². The number of nitrogens with two attached hydrogens (primary N) is 1. The smallest absolute Gasteiger partial charge is 0.0599 e. The van der Waals surface area contributed by atoms with E-state index in [1.54, 1.807) is 6.20 Å². The molecule has 1 atom stereocenters. The Bertz CT molecular complexity index is 479. The normalized spacial score (nSPS) is 12.2. The van der Waals surface area contributed by atoms with Crippen molar-refractivity contribution in [2.45, 2.75) is 19.5 Å². The zero-order chi connectivity index (χ0) is 13.0. The molecule has 4 nitrogen and oxygen atoms in total. The lowest BCUT2D eigenvalue weighted by Crippen LogP contribution is -2.17. The average Bonchev–Trinajstić information content (AvgIpc) is 2.40. The van der Waals surface area contributed by atoms with Gasteiger partial charge in [-0.1, -0.05) is 6.07 Å². The zero-order valence-electron chi connectivity index (χ0n) is 10.7. The molecular formula is C14H18N4. The highest BCUT2D eigenvalue weighted by Gasteiger charge is 2.05. The molecule has 0 bridgehead atoms. The highest BCUT2D eigenvalue weighted by Crippen LogP contribution is 2.15. The summed E-state index contributed by atoms with van der Waals surface area (Å²) >= 11 is 0. The molecule has 0 amide bonds. The van der Waals surface area contributed by atoms with Crippen molar-refractivity contribution < 1.29 is 0 Å². The Balaban J connectivity index is 2.07. The van der Waals surface area contributed by atoms with Crippen molar-refractivity contribution in [3.63, 3.8) is 0 Å². The van der Waals surface area contributed by atoms with Crippen molar-refractivity contribution in [1.82, 2.24) is 9.97 Å². The second-order valence-corrected chi connectivity index (χ2v) is 4.41. The number of hydrogen-bond acceptors (Lipinski definition) is 4. The minimum atomic E-state index is -0.0276. The molecule has 0 aliphatic carbocycles. The summed E-state index contributed by atoms with van der Waals surface area (Å²) in [7, 11) is 2.03. The summed E-state index contributed by atoms with van der Waals surface area (Å²) in [5, 5.41) is 0. The molecule has 0 fully saturated rings. The van der Waals surface area contributed by atoms with Gasteiger partial charge >= 0.3 is 0 Å². The maximum atomic E-state index is 5.78. The Morgan fingerprint density at radius 3 is 2.61 bits per heavy atom. The number of aromatic nitrogens is 2. The molecular weight excluding hydrogens is 224 g/mol. The maximum absolute atomic E-state index is 5.78. The molecule has 0 aliphatic heterocycles. The van der Waals surface area contributed by atoms with Crippen molar-refractivity contribution in [2.75, 3.05) is 11.9 Å². The van der Waals surface area contributed by atoms with Gasteiger partial charge in [-0.25, -0.2) is 0 Å². The molecule has 2 aromatic heterocycles. The van der Waals surface area contributed by atoms with E-state index in [0.29, 0.717) is 0 Å². The van der Waals surface area contributed by atoms with E-state index < -0.39 is 0 Å². The van der Waals surface area contributed by atoms with Crippen LogP contribution in [-0.2, 0) is 6.54 Å². The maximum Gasteiger partial charge on any atom is 0.0599 e. The van der Waals surface area contributed by atoms with Gasteiger partial charge < -0.3 is 10.6 Å². The zero-order valence-corrected chi connectivity index (χ0v) is 10.7. The lowest BCUT2D eigenvalue weighted by atomic mass is 10.2. The second kappa shape index (κ2) is 5.60. The van der Waals surface area contributed by atoms with Gasteiger partial charge in [-0.2, -0.15) is 0 Å². The first-order valence-electron chi connectivity index (χ1n) is 5.99. The molecule has 2 heterocycles. The minimum absolute atomic E-state index is 0.0276. The Morgan fingerprint density at radius 2 is 2.06 bits per heavy atom. The van der Waals surface area contributed by atoms with Gasteiger partial charge in [0.25, 0.3) is 0 Å². The topological polar surface area (TPSA) is 55.0 Å². The van der Waals surface area contributed by atoms with E-state index in [-0.39, 0.29) is 6.04 Å². The Kier molecular flexibility index (Phi) is 3.89. The van der Waals surface area contributed by atoms with E-state index in [1.807, 2.05) is 50.5 Å². The van der Waals surface area contributed by atoms with Crippen LogP contribution in [0.15, 0.2) is 42.7 Å². The van der Waals surface area contributed by atoms with Crippen molar-refractivity contribution >= 4 is 5.69 Å². The molecule has 1 unspecified atom stereocenters. The molecule has 0 saturated heterocycles. The third-order valence-corrected chi connectivity index (χ3v) is 2.80. The van der Waals surface area contributed by atoms with Gasteiger partial charge in [-0.3, -0.25) is 9.97 Å². The highest BCUT2D eigenvalue weighted by molar-refractivity contribution is 5.44. The van der Waals surface area contributed by atoms with E-state index >= 15 is 0 Å². The van der Waals surface area contributed by atoms with Crippen LogP contribution in [-0.4, -0.2) is 17.0 Å². The summed E-state index contributed by atoms with van der Waals surface area (Å²) in [5.41, 5.74) is 8.78. The van der Waals surface area contributed by atoms with E-state index in [0.717, 1.165) is 23.6 Å². The first-order chi connectivity index (χ1) is 8.66. The van der Waals surface area contributed by atoms with Crippen molar-refractivity contribution in [1.29, 1.82) is 0 Å². The van der Waals surface area contributed by atoms with Gasteiger partial charge in [0, 0.05) is 19.3 Å². The van der Waals surface area contributed by atoms with Crippen molar-refractivity contribution in [3.8, 4) is 0 Å².